The van der Waals surface area contributed by atoms with E-state index in [0.717, 1.165) is 30.6 Å². The van der Waals surface area contributed by atoms with Crippen LogP contribution in [0.25, 0.3) is 16.7 Å². The second-order valence-corrected chi connectivity index (χ2v) is 8.43. The third-order valence-electron chi connectivity index (χ3n) is 6.44. The number of alkyl halides is 2. The molecule has 0 aliphatic heterocycles. The summed E-state index contributed by atoms with van der Waals surface area (Å²) in [6.07, 6.45) is 3.77. The molecular formula is C23H23F2N3O3. The number of aromatic carboxylic acids is 1. The maximum absolute atomic E-state index is 14.1. The molecule has 5 rings (SSSR count). The highest BCUT2D eigenvalue weighted by Crippen LogP contribution is 2.44. The molecule has 0 saturated heterocycles. The largest absolute Gasteiger partial charge is 0.492 e. The second-order valence-electron chi connectivity index (χ2n) is 8.43. The number of fused-ring (bicyclic) bond motifs is 1. The minimum Gasteiger partial charge on any atom is -0.492 e. The molecular weight excluding hydrogens is 404 g/mol. The van der Waals surface area contributed by atoms with Crippen LogP contribution in [0.1, 0.15) is 60.6 Å². The summed E-state index contributed by atoms with van der Waals surface area (Å²) in [5, 5.41) is 15.0. The summed E-state index contributed by atoms with van der Waals surface area (Å²) in [5.41, 5.74) is 1.73. The molecule has 31 heavy (non-hydrogen) atoms. The zero-order valence-electron chi connectivity index (χ0n) is 16.9. The fourth-order valence-electron chi connectivity index (χ4n) is 4.44. The van der Waals surface area contributed by atoms with Gasteiger partial charge in [-0.05, 0) is 37.8 Å². The minimum absolute atomic E-state index is 0.133. The highest BCUT2D eigenvalue weighted by Gasteiger charge is 2.44. The Labute approximate surface area is 177 Å². The molecule has 8 heteroatoms. The molecule has 2 saturated carbocycles. The van der Waals surface area contributed by atoms with Crippen LogP contribution in [0.5, 0.6) is 5.75 Å². The summed E-state index contributed by atoms with van der Waals surface area (Å²) < 4.78 is 35.8. The van der Waals surface area contributed by atoms with E-state index < -0.39 is 17.8 Å². The molecule has 1 unspecified atom stereocenters. The van der Waals surface area contributed by atoms with Gasteiger partial charge in [0.25, 0.3) is 5.92 Å². The van der Waals surface area contributed by atoms with Gasteiger partial charge in [0, 0.05) is 18.4 Å². The van der Waals surface area contributed by atoms with Crippen molar-refractivity contribution in [2.45, 2.75) is 50.4 Å². The van der Waals surface area contributed by atoms with Gasteiger partial charge in [0.05, 0.1) is 29.3 Å². The van der Waals surface area contributed by atoms with Gasteiger partial charge < -0.3 is 9.84 Å². The number of carboxylic acids is 1. The number of hydrogen-bond acceptors (Lipinski definition) is 4. The summed E-state index contributed by atoms with van der Waals surface area (Å²) in [6.45, 7) is -0.161. The van der Waals surface area contributed by atoms with E-state index in [4.69, 9.17) is 9.84 Å². The number of halogens is 2. The maximum Gasteiger partial charge on any atom is 0.354 e. The molecule has 2 aliphatic carbocycles. The summed E-state index contributed by atoms with van der Waals surface area (Å²) in [5.74, 6) is -4.34. The van der Waals surface area contributed by atoms with E-state index in [1.54, 1.807) is 4.68 Å². The Hall–Kier alpha value is -3.03. The summed E-state index contributed by atoms with van der Waals surface area (Å²) in [4.78, 5) is 16.1. The SMILES string of the molecule is O=C(O)c1cc(OCC2CCCC2(F)F)c2c(C3CCC3)nn(-c3ccccc3)c2n1. The highest BCUT2D eigenvalue weighted by atomic mass is 19.3. The number of para-hydroxylation sites is 1. The molecule has 1 aromatic carbocycles. The van der Waals surface area contributed by atoms with Crippen LogP contribution < -0.4 is 4.74 Å². The first-order valence-electron chi connectivity index (χ1n) is 10.7. The lowest BCUT2D eigenvalue weighted by Crippen LogP contribution is -2.27. The molecule has 6 nitrogen and oxygen atoms in total. The lowest BCUT2D eigenvalue weighted by atomic mass is 9.82. The van der Waals surface area contributed by atoms with E-state index in [9.17, 15) is 18.7 Å². The van der Waals surface area contributed by atoms with Crippen LogP contribution in [0.15, 0.2) is 36.4 Å². The predicted molar refractivity (Wildman–Crippen MR) is 110 cm³/mol. The standard InChI is InChI=1S/C23H23F2N3O3/c24-23(25)11-5-8-15(23)13-31-18-12-17(22(29)30)26-21-19(18)20(14-6-4-7-14)27-28(21)16-9-2-1-3-10-16/h1-3,9-10,12,14-15H,4-8,11,13H2,(H,29,30). The number of ether oxygens (including phenoxy) is 1. The van der Waals surface area contributed by atoms with E-state index in [0.29, 0.717) is 23.9 Å². The van der Waals surface area contributed by atoms with Crippen molar-refractivity contribution in [1.29, 1.82) is 0 Å². The molecule has 162 valence electrons. The number of hydrogen-bond donors (Lipinski definition) is 1. The van der Waals surface area contributed by atoms with Crippen LogP contribution in [0.4, 0.5) is 8.78 Å². The van der Waals surface area contributed by atoms with Crippen LogP contribution in [0.3, 0.4) is 0 Å². The van der Waals surface area contributed by atoms with Crippen LogP contribution in [0, 0.1) is 5.92 Å². The Morgan fingerprint density at radius 2 is 1.97 bits per heavy atom. The zero-order chi connectivity index (χ0) is 21.6. The van der Waals surface area contributed by atoms with Gasteiger partial charge in [-0.15, -0.1) is 0 Å². The van der Waals surface area contributed by atoms with Crippen molar-refractivity contribution in [3.63, 3.8) is 0 Å². The van der Waals surface area contributed by atoms with Crippen molar-refractivity contribution in [3.8, 4) is 11.4 Å². The molecule has 2 fully saturated rings. The molecule has 1 atom stereocenters. The van der Waals surface area contributed by atoms with E-state index in [1.165, 1.54) is 6.07 Å². The minimum atomic E-state index is -2.76. The van der Waals surface area contributed by atoms with E-state index in [1.807, 2.05) is 30.3 Å². The number of rotatable bonds is 6. The summed E-state index contributed by atoms with van der Waals surface area (Å²) in [7, 11) is 0. The molecule has 0 radical (unpaired) electrons. The van der Waals surface area contributed by atoms with Crippen molar-refractivity contribution in [2.75, 3.05) is 6.61 Å². The van der Waals surface area contributed by atoms with Crippen LogP contribution >= 0.6 is 0 Å². The number of nitrogens with zero attached hydrogens (tertiary/aromatic N) is 3. The van der Waals surface area contributed by atoms with Crippen LogP contribution in [-0.2, 0) is 0 Å². The van der Waals surface area contributed by atoms with Gasteiger partial charge in [-0.1, -0.05) is 24.6 Å². The number of carboxylic acid groups (broad SMARTS) is 1. The first-order chi connectivity index (χ1) is 14.9. The van der Waals surface area contributed by atoms with Crippen molar-refractivity contribution < 1.29 is 23.4 Å². The molecule has 0 bridgehead atoms. The normalized spacial score (nSPS) is 20.6. The van der Waals surface area contributed by atoms with Crippen molar-refractivity contribution >= 4 is 17.0 Å². The fourth-order valence-corrected chi connectivity index (χ4v) is 4.44. The van der Waals surface area contributed by atoms with Gasteiger partial charge in [-0.3, -0.25) is 0 Å². The molecule has 2 aliphatic rings. The molecule has 2 aromatic heterocycles. The van der Waals surface area contributed by atoms with Crippen molar-refractivity contribution in [1.82, 2.24) is 14.8 Å². The highest BCUT2D eigenvalue weighted by molar-refractivity contribution is 5.94. The Morgan fingerprint density at radius 1 is 1.19 bits per heavy atom. The topological polar surface area (TPSA) is 77.2 Å². The third-order valence-corrected chi connectivity index (χ3v) is 6.44. The van der Waals surface area contributed by atoms with Crippen LogP contribution in [-0.4, -0.2) is 38.4 Å². The maximum atomic E-state index is 14.1. The molecule has 2 heterocycles. The van der Waals surface area contributed by atoms with Gasteiger partial charge in [0.2, 0.25) is 0 Å². The first kappa shape index (κ1) is 19.9. The van der Waals surface area contributed by atoms with Gasteiger partial charge in [-0.25, -0.2) is 23.2 Å². The lowest BCUT2D eigenvalue weighted by Gasteiger charge is -2.24. The average Bonchev–Trinajstić information content (AvgIpc) is 3.25. The fraction of sp³-hybridized carbons (Fsp3) is 0.435. The average molecular weight is 427 g/mol. The number of pyridine rings is 1. The van der Waals surface area contributed by atoms with E-state index in [2.05, 4.69) is 4.98 Å². The van der Waals surface area contributed by atoms with Gasteiger partial charge in [0.1, 0.15) is 5.75 Å². The quantitative estimate of drug-likeness (QED) is 0.585. The number of benzene rings is 1. The lowest BCUT2D eigenvalue weighted by molar-refractivity contribution is -0.0504. The van der Waals surface area contributed by atoms with E-state index >= 15 is 0 Å². The predicted octanol–water partition coefficient (Wildman–Crippen LogP) is 5.20. The molecule has 0 amide bonds. The summed E-state index contributed by atoms with van der Waals surface area (Å²) >= 11 is 0. The Balaban J connectivity index is 1.64. The number of aromatic nitrogens is 3. The first-order valence-corrected chi connectivity index (χ1v) is 10.7. The zero-order valence-corrected chi connectivity index (χ0v) is 16.9. The van der Waals surface area contributed by atoms with E-state index in [-0.39, 0.29) is 30.4 Å². The molecule has 3 aromatic rings. The van der Waals surface area contributed by atoms with Gasteiger partial charge in [0.15, 0.2) is 11.3 Å². The smallest absolute Gasteiger partial charge is 0.354 e. The Bertz CT molecular complexity index is 1130. The van der Waals surface area contributed by atoms with Gasteiger partial charge in [-0.2, -0.15) is 5.10 Å². The monoisotopic (exact) mass is 427 g/mol. The third kappa shape index (κ3) is 3.54. The van der Waals surface area contributed by atoms with Crippen molar-refractivity contribution in [2.24, 2.45) is 5.92 Å². The van der Waals surface area contributed by atoms with Crippen molar-refractivity contribution in [3.05, 3.63) is 47.8 Å². The summed E-state index contributed by atoms with van der Waals surface area (Å²) in [6, 6.07) is 10.7. The van der Waals surface area contributed by atoms with Crippen LogP contribution in [0.2, 0.25) is 0 Å². The second kappa shape index (κ2) is 7.59. The Kier molecular flexibility index (Phi) is 4.87. The number of carbonyl (C=O) groups is 1. The molecule has 1 N–H and O–H groups in total. The molecule has 0 spiro atoms. The Morgan fingerprint density at radius 3 is 2.58 bits per heavy atom. The van der Waals surface area contributed by atoms with Gasteiger partial charge >= 0.3 is 5.97 Å².